The van der Waals surface area contributed by atoms with Gasteiger partial charge in [0.05, 0.1) is 28.2 Å². The Kier molecular flexibility index (Phi) is 8.43. The van der Waals surface area contributed by atoms with Gasteiger partial charge < -0.3 is 10.0 Å². The number of likely N-dealkylation sites (tertiary alicyclic amines) is 1. The van der Waals surface area contributed by atoms with Crippen LogP contribution in [0.2, 0.25) is 10.0 Å². The van der Waals surface area contributed by atoms with E-state index in [1.807, 2.05) is 19.1 Å². The molecule has 2 aliphatic rings. The standard InChI is InChI=1S/C27H33Cl2N3O5S/c1-4-21(16-31(3)38(36,37)22-9-10-22)32-25(17-5-7-19(28)8-6-17)23(18-11-20(29)15-30-14-18)12-27(2,26(32)35)13-24(33)34/h5-8,11,14-15,21-23,25H,4,9-10,12-13,16H2,1-3H3,(H,33,34)/t21-,23+,25+,27+/m0/s1. The summed E-state index contributed by atoms with van der Waals surface area (Å²) in [4.78, 5) is 32.2. The van der Waals surface area contributed by atoms with Gasteiger partial charge in [-0.15, -0.1) is 0 Å². The first kappa shape index (κ1) is 28.8. The molecule has 1 saturated carbocycles. The van der Waals surface area contributed by atoms with Crippen LogP contribution in [0.25, 0.3) is 0 Å². The number of hydrogen-bond acceptors (Lipinski definition) is 5. The molecule has 206 valence electrons. The van der Waals surface area contributed by atoms with Crippen LogP contribution in [0.15, 0.2) is 42.7 Å². The minimum absolute atomic E-state index is 0.106. The van der Waals surface area contributed by atoms with Crippen molar-refractivity contribution in [3.05, 3.63) is 63.9 Å². The maximum Gasteiger partial charge on any atom is 0.304 e. The van der Waals surface area contributed by atoms with Crippen molar-refractivity contribution in [2.24, 2.45) is 5.41 Å². The molecule has 1 amide bonds. The molecule has 38 heavy (non-hydrogen) atoms. The fraction of sp³-hybridized carbons (Fsp3) is 0.519. The van der Waals surface area contributed by atoms with E-state index in [0.717, 1.165) is 11.1 Å². The van der Waals surface area contributed by atoms with Gasteiger partial charge in [0.15, 0.2) is 0 Å². The van der Waals surface area contributed by atoms with Crippen molar-refractivity contribution in [1.82, 2.24) is 14.2 Å². The number of carboxylic acid groups (broad SMARTS) is 1. The smallest absolute Gasteiger partial charge is 0.304 e. The Labute approximate surface area is 234 Å². The van der Waals surface area contributed by atoms with Crippen molar-refractivity contribution in [3.63, 3.8) is 0 Å². The molecule has 1 aromatic carbocycles. The predicted molar refractivity (Wildman–Crippen MR) is 147 cm³/mol. The highest BCUT2D eigenvalue weighted by molar-refractivity contribution is 7.90. The molecule has 4 atom stereocenters. The fourth-order valence-corrected chi connectivity index (χ4v) is 7.54. The molecular formula is C27H33Cl2N3O5S. The normalized spacial score (nSPS) is 25.0. The lowest BCUT2D eigenvalue weighted by Crippen LogP contribution is -2.58. The van der Waals surface area contributed by atoms with E-state index in [1.54, 1.807) is 43.3 Å². The maximum atomic E-state index is 14.3. The van der Waals surface area contributed by atoms with Gasteiger partial charge in [0, 0.05) is 43.0 Å². The molecule has 2 heterocycles. The van der Waals surface area contributed by atoms with E-state index in [9.17, 15) is 23.1 Å². The monoisotopic (exact) mass is 581 g/mol. The molecule has 0 spiro atoms. The number of aromatic nitrogens is 1. The molecule has 2 fully saturated rings. The third-order valence-corrected chi connectivity index (χ3v) is 10.5. The number of carboxylic acids is 1. The molecule has 1 aliphatic carbocycles. The van der Waals surface area contributed by atoms with Crippen LogP contribution in [0.4, 0.5) is 0 Å². The molecule has 0 unspecified atom stereocenters. The van der Waals surface area contributed by atoms with E-state index in [1.165, 1.54) is 10.5 Å². The minimum atomic E-state index is -3.48. The average molecular weight is 583 g/mol. The quantitative estimate of drug-likeness (QED) is 0.416. The van der Waals surface area contributed by atoms with Crippen molar-refractivity contribution < 1.29 is 23.1 Å². The lowest BCUT2D eigenvalue weighted by molar-refractivity contribution is -0.160. The Balaban J connectivity index is 1.86. The SMILES string of the molecule is CC[C@@H](CN(C)S(=O)(=O)C1CC1)N1C(=O)[C@@](C)(CC(=O)O)C[C@H](c2cncc(Cl)c2)[C@H]1c1ccc(Cl)cc1. The lowest BCUT2D eigenvalue weighted by atomic mass is 9.67. The Bertz CT molecular complexity index is 1300. The minimum Gasteiger partial charge on any atom is -0.481 e. The number of hydrogen-bond donors (Lipinski definition) is 1. The number of likely N-dealkylation sites (N-methyl/N-ethyl adjacent to an activating group) is 1. The van der Waals surface area contributed by atoms with Crippen LogP contribution >= 0.6 is 23.2 Å². The average Bonchev–Trinajstić information content (AvgIpc) is 3.70. The van der Waals surface area contributed by atoms with Crippen molar-refractivity contribution in [2.45, 2.75) is 69.2 Å². The number of benzene rings is 1. The molecule has 0 bridgehead atoms. The second-order valence-electron chi connectivity index (χ2n) is 10.7. The summed E-state index contributed by atoms with van der Waals surface area (Å²) in [5, 5.41) is 10.4. The zero-order valence-corrected chi connectivity index (χ0v) is 24.0. The second-order valence-corrected chi connectivity index (χ2v) is 13.9. The van der Waals surface area contributed by atoms with Crippen LogP contribution in [-0.4, -0.2) is 64.5 Å². The fourth-order valence-electron chi connectivity index (χ4n) is 5.61. The first-order chi connectivity index (χ1) is 17.9. The van der Waals surface area contributed by atoms with Gasteiger partial charge in [-0.2, -0.15) is 0 Å². The molecule has 1 N–H and O–H groups in total. The first-order valence-corrected chi connectivity index (χ1v) is 15.0. The highest BCUT2D eigenvalue weighted by Crippen LogP contribution is 2.52. The van der Waals surface area contributed by atoms with Crippen molar-refractivity contribution in [3.8, 4) is 0 Å². The van der Waals surface area contributed by atoms with E-state index in [2.05, 4.69) is 4.98 Å². The van der Waals surface area contributed by atoms with Crippen LogP contribution in [0.5, 0.6) is 0 Å². The Morgan fingerprint density at radius 2 is 1.84 bits per heavy atom. The third kappa shape index (κ3) is 5.86. The first-order valence-electron chi connectivity index (χ1n) is 12.7. The summed E-state index contributed by atoms with van der Waals surface area (Å²) < 4.78 is 27.4. The van der Waals surface area contributed by atoms with E-state index >= 15 is 0 Å². The van der Waals surface area contributed by atoms with Crippen LogP contribution < -0.4 is 0 Å². The van der Waals surface area contributed by atoms with Gasteiger partial charge in [0.1, 0.15) is 0 Å². The van der Waals surface area contributed by atoms with Crippen LogP contribution in [-0.2, 0) is 19.6 Å². The molecular weight excluding hydrogens is 549 g/mol. The number of pyridine rings is 1. The van der Waals surface area contributed by atoms with Gasteiger partial charge in [-0.1, -0.05) is 49.2 Å². The molecule has 1 aliphatic heterocycles. The molecule has 1 saturated heterocycles. The number of halogens is 2. The number of rotatable bonds is 10. The van der Waals surface area contributed by atoms with Gasteiger partial charge >= 0.3 is 5.97 Å². The van der Waals surface area contributed by atoms with Gasteiger partial charge in [0.2, 0.25) is 15.9 Å². The van der Waals surface area contributed by atoms with E-state index in [-0.39, 0.29) is 36.5 Å². The number of carbonyl (C=O) groups excluding carboxylic acids is 1. The molecule has 2 aromatic rings. The summed E-state index contributed by atoms with van der Waals surface area (Å²) in [7, 11) is -1.93. The zero-order chi connectivity index (χ0) is 27.8. The zero-order valence-electron chi connectivity index (χ0n) is 21.7. The Morgan fingerprint density at radius 1 is 1.18 bits per heavy atom. The summed E-state index contributed by atoms with van der Waals surface area (Å²) >= 11 is 12.5. The van der Waals surface area contributed by atoms with Crippen LogP contribution in [0.3, 0.4) is 0 Å². The van der Waals surface area contributed by atoms with Gasteiger partial charge in [-0.05, 0) is 55.0 Å². The van der Waals surface area contributed by atoms with E-state index in [0.29, 0.717) is 29.3 Å². The predicted octanol–water partition coefficient (Wildman–Crippen LogP) is 5.13. The van der Waals surface area contributed by atoms with Gasteiger partial charge in [-0.3, -0.25) is 14.6 Å². The Morgan fingerprint density at radius 3 is 2.39 bits per heavy atom. The van der Waals surface area contributed by atoms with Crippen molar-refractivity contribution in [2.75, 3.05) is 13.6 Å². The summed E-state index contributed by atoms with van der Waals surface area (Å²) in [5.74, 6) is -1.73. The highest BCUT2D eigenvalue weighted by Gasteiger charge is 2.53. The lowest BCUT2D eigenvalue weighted by Gasteiger charge is -2.52. The Hall–Kier alpha value is -2.20. The number of sulfonamides is 1. The second kappa shape index (κ2) is 11.1. The summed E-state index contributed by atoms with van der Waals surface area (Å²) in [6.07, 6.45) is 4.88. The van der Waals surface area contributed by atoms with E-state index in [4.69, 9.17) is 23.2 Å². The topological polar surface area (TPSA) is 108 Å². The number of carbonyl (C=O) groups is 2. The molecule has 1 aromatic heterocycles. The summed E-state index contributed by atoms with van der Waals surface area (Å²) in [5.41, 5.74) is 0.375. The number of nitrogens with zero attached hydrogens (tertiary/aromatic N) is 3. The molecule has 4 rings (SSSR count). The number of piperidine rings is 1. The summed E-state index contributed by atoms with van der Waals surface area (Å²) in [6, 6.07) is 8.01. The highest BCUT2D eigenvalue weighted by atomic mass is 35.5. The van der Waals surface area contributed by atoms with Crippen LogP contribution in [0.1, 0.15) is 69.0 Å². The largest absolute Gasteiger partial charge is 0.481 e. The molecule has 8 nitrogen and oxygen atoms in total. The van der Waals surface area contributed by atoms with E-state index < -0.39 is 33.5 Å². The van der Waals surface area contributed by atoms with Gasteiger partial charge in [-0.25, -0.2) is 12.7 Å². The maximum absolute atomic E-state index is 14.3. The molecule has 11 heteroatoms. The van der Waals surface area contributed by atoms with Crippen LogP contribution in [0, 0.1) is 5.41 Å². The number of amides is 1. The van der Waals surface area contributed by atoms with Crippen molar-refractivity contribution in [1.29, 1.82) is 0 Å². The number of aliphatic carboxylic acids is 1. The third-order valence-electron chi connectivity index (χ3n) is 7.72. The molecule has 0 radical (unpaired) electrons. The summed E-state index contributed by atoms with van der Waals surface area (Å²) in [6.45, 7) is 3.69. The van der Waals surface area contributed by atoms with Gasteiger partial charge in [0.25, 0.3) is 0 Å². The van der Waals surface area contributed by atoms with Crippen molar-refractivity contribution >= 4 is 45.1 Å².